The molecule has 2 heterocycles. The molecule has 10 nitrogen and oxygen atoms in total. The van der Waals surface area contributed by atoms with Crippen LogP contribution in [0.2, 0.25) is 0 Å². The second kappa shape index (κ2) is 10.1. The molecule has 0 saturated heterocycles. The number of nitrogens with zero attached hydrogens (tertiary/aromatic N) is 5. The number of carbonyl (C=O) groups excluding carboxylic acids is 2. The number of azo groups is 1. The number of aromatic hydroxyl groups is 1. The van der Waals surface area contributed by atoms with Crippen LogP contribution in [0.25, 0.3) is 0 Å². The van der Waals surface area contributed by atoms with Gasteiger partial charge in [-0.3, -0.25) is 28.4 Å². The van der Waals surface area contributed by atoms with E-state index < -0.39 is 34.6 Å². The molecule has 0 saturated carbocycles. The Kier molecular flexibility index (Phi) is 8.16. The van der Waals surface area contributed by atoms with Crippen LogP contribution in [0.3, 0.4) is 0 Å². The van der Waals surface area contributed by atoms with Crippen molar-refractivity contribution < 1.29 is 31.2 Å². The van der Waals surface area contributed by atoms with Crippen LogP contribution >= 0.6 is 22.6 Å². The summed E-state index contributed by atoms with van der Waals surface area (Å²) in [5, 5.41) is 18.4. The summed E-state index contributed by atoms with van der Waals surface area (Å²) in [5.41, 5.74) is -1.38. The molecule has 2 amide bonds. The molecule has 0 spiro atoms. The maximum atomic E-state index is 12.9. The van der Waals surface area contributed by atoms with Gasteiger partial charge in [-0.1, -0.05) is 13.8 Å². The first kappa shape index (κ1) is 25.9. The smallest absolute Gasteiger partial charge is 0.493 e. The molecule has 0 bridgehead atoms. The number of imide groups is 1. The largest absolute Gasteiger partial charge is 2.00 e. The zero-order chi connectivity index (χ0) is 23.0. The number of aromatic nitrogens is 2. The van der Waals surface area contributed by atoms with E-state index in [1.807, 2.05) is 36.4 Å². The summed E-state index contributed by atoms with van der Waals surface area (Å²) in [6.07, 6.45) is 0. The fourth-order valence-corrected chi connectivity index (χ4v) is 3.95. The monoisotopic (exact) mass is 597 g/mol. The van der Waals surface area contributed by atoms with Gasteiger partial charge in [-0.05, 0) is 54.5 Å². The molecule has 0 aliphatic carbocycles. The summed E-state index contributed by atoms with van der Waals surface area (Å²) < 4.78 is 2.50. The molecule has 0 fully saturated rings. The molecule has 1 aromatic heterocycles. The number of hydrogen-bond acceptors (Lipinski definition) is 7. The molecule has 0 atom stereocenters. The van der Waals surface area contributed by atoms with Crippen molar-refractivity contribution in [2.24, 2.45) is 16.1 Å². The van der Waals surface area contributed by atoms with Crippen molar-refractivity contribution in [3.8, 4) is 5.88 Å². The van der Waals surface area contributed by atoms with Crippen molar-refractivity contribution in [3.05, 3.63) is 47.7 Å². The molecule has 0 unspecified atom stereocenters. The van der Waals surface area contributed by atoms with Crippen molar-refractivity contribution in [3.63, 3.8) is 0 Å². The van der Waals surface area contributed by atoms with Gasteiger partial charge in [0, 0.05) is 23.2 Å². The summed E-state index contributed by atoms with van der Waals surface area (Å²) >= 11 is 1.96. The molecule has 12 heteroatoms. The Balaban J connectivity index is 0.00000363. The number of rotatable bonds is 6. The molecular formula is C20H22IN5NiO5+2. The van der Waals surface area contributed by atoms with E-state index in [0.717, 1.165) is 9.13 Å². The first-order valence-electron chi connectivity index (χ1n) is 9.80. The average molecular weight is 598 g/mol. The Morgan fingerprint density at radius 3 is 2.12 bits per heavy atom. The molecular weight excluding hydrogens is 576 g/mol. The van der Waals surface area contributed by atoms with Crippen molar-refractivity contribution in [2.75, 3.05) is 6.54 Å². The van der Waals surface area contributed by atoms with Crippen molar-refractivity contribution in [1.82, 2.24) is 14.0 Å². The second-order valence-corrected chi connectivity index (χ2v) is 8.54. The van der Waals surface area contributed by atoms with E-state index in [1.165, 1.54) is 4.90 Å². The van der Waals surface area contributed by atoms with Gasteiger partial charge in [0.15, 0.2) is 0 Å². The Hall–Kier alpha value is -2.34. The van der Waals surface area contributed by atoms with E-state index in [2.05, 4.69) is 10.2 Å². The van der Waals surface area contributed by atoms with Crippen LogP contribution in [0.1, 0.15) is 48.4 Å². The number of carbonyl (C=O) groups is 2. The summed E-state index contributed by atoms with van der Waals surface area (Å²) in [7, 11) is 0. The van der Waals surface area contributed by atoms with Crippen LogP contribution in [0.5, 0.6) is 5.88 Å². The Morgan fingerprint density at radius 2 is 1.56 bits per heavy atom. The third-order valence-corrected chi connectivity index (χ3v) is 5.74. The van der Waals surface area contributed by atoms with Gasteiger partial charge in [0.05, 0.1) is 11.1 Å². The fraction of sp³-hybridized carbons (Fsp3) is 0.400. The zero-order valence-corrected chi connectivity index (χ0v) is 21.0. The Bertz CT molecular complexity index is 1230. The molecule has 1 aromatic carbocycles. The van der Waals surface area contributed by atoms with E-state index in [0.29, 0.717) is 3.57 Å². The van der Waals surface area contributed by atoms with Crippen LogP contribution in [-0.4, -0.2) is 37.5 Å². The molecule has 1 aliphatic rings. The molecule has 1 N–H and O–H groups in total. The van der Waals surface area contributed by atoms with Crippen LogP contribution in [0.4, 0.5) is 11.4 Å². The number of fused-ring (bicyclic) bond motifs is 1. The molecule has 2 aromatic rings. The second-order valence-electron chi connectivity index (χ2n) is 7.38. The molecule has 172 valence electrons. The fourth-order valence-electron chi connectivity index (χ4n) is 3.39. The number of halogens is 1. The number of benzene rings is 1. The SMILES string of the molecule is CCn1c(O)c(N=Nc2c(I)ccc3c2C(=O)N(CC(C)C)C3=O)c(=O)n(CC)c1=O.[Ni+2]. The van der Waals surface area contributed by atoms with E-state index in [4.69, 9.17) is 0 Å². The van der Waals surface area contributed by atoms with Gasteiger partial charge in [-0.25, -0.2) is 4.79 Å². The maximum absolute atomic E-state index is 12.9. The summed E-state index contributed by atoms with van der Waals surface area (Å²) in [5.74, 6) is -1.39. The van der Waals surface area contributed by atoms with Crippen molar-refractivity contribution in [1.29, 1.82) is 0 Å². The summed E-state index contributed by atoms with van der Waals surface area (Å²) in [6.45, 7) is 7.56. The number of amides is 2. The van der Waals surface area contributed by atoms with Crippen molar-refractivity contribution in [2.45, 2.75) is 40.8 Å². The van der Waals surface area contributed by atoms with E-state index in [1.54, 1.807) is 26.0 Å². The quantitative estimate of drug-likeness (QED) is 0.237. The van der Waals surface area contributed by atoms with Crippen LogP contribution in [0, 0.1) is 9.49 Å². The third-order valence-electron chi connectivity index (χ3n) is 4.87. The van der Waals surface area contributed by atoms with Crippen molar-refractivity contribution >= 4 is 45.8 Å². The summed E-state index contributed by atoms with van der Waals surface area (Å²) in [6, 6.07) is 3.20. The summed E-state index contributed by atoms with van der Waals surface area (Å²) in [4.78, 5) is 51.8. The van der Waals surface area contributed by atoms with E-state index in [9.17, 15) is 24.3 Å². The standard InChI is InChI=1S/C20H22IN5O5.Ni/c1-5-24-18(29)15(19(30)25(6-2)20(24)31)23-22-14-12(21)8-7-11-13(14)17(28)26(16(11)27)9-10(3)4;/h7-8,10,29H,5-6,9H2,1-4H3;/q;+2. The van der Waals surface area contributed by atoms with E-state index >= 15 is 0 Å². The number of hydrogen-bond donors (Lipinski definition) is 1. The van der Waals surface area contributed by atoms with Gasteiger partial charge in [0.2, 0.25) is 11.6 Å². The van der Waals surface area contributed by atoms with Gasteiger partial charge < -0.3 is 5.11 Å². The maximum Gasteiger partial charge on any atom is 2.00 e. The predicted molar refractivity (Wildman–Crippen MR) is 122 cm³/mol. The van der Waals surface area contributed by atoms with Gasteiger partial charge >= 0.3 is 22.2 Å². The minimum Gasteiger partial charge on any atom is -0.493 e. The molecule has 0 radical (unpaired) electrons. The Labute approximate surface area is 207 Å². The minimum absolute atomic E-state index is 0. The van der Waals surface area contributed by atoms with Gasteiger partial charge in [-0.2, -0.15) is 0 Å². The van der Waals surface area contributed by atoms with E-state index in [-0.39, 0.29) is 58.9 Å². The van der Waals surface area contributed by atoms with Gasteiger partial charge in [0.1, 0.15) is 5.69 Å². The van der Waals surface area contributed by atoms with Gasteiger partial charge in [0.25, 0.3) is 17.4 Å². The van der Waals surface area contributed by atoms with Gasteiger partial charge in [-0.15, -0.1) is 10.2 Å². The molecule has 32 heavy (non-hydrogen) atoms. The zero-order valence-electron chi connectivity index (χ0n) is 17.9. The average Bonchev–Trinajstić information content (AvgIpc) is 2.94. The minimum atomic E-state index is -0.787. The first-order valence-corrected chi connectivity index (χ1v) is 10.9. The molecule has 3 rings (SSSR count). The topological polar surface area (TPSA) is 126 Å². The van der Waals surface area contributed by atoms with Crippen LogP contribution in [-0.2, 0) is 29.6 Å². The van der Waals surface area contributed by atoms with Crippen LogP contribution < -0.4 is 11.2 Å². The predicted octanol–water partition coefficient (Wildman–Crippen LogP) is 3.02. The first-order chi connectivity index (χ1) is 14.6. The molecule has 1 aliphatic heterocycles. The Morgan fingerprint density at radius 1 is 0.969 bits per heavy atom. The normalized spacial score (nSPS) is 13.2. The third kappa shape index (κ3) is 4.30. The van der Waals surface area contributed by atoms with Crippen LogP contribution in [0.15, 0.2) is 32.0 Å².